The minimum Gasteiger partial charge on any atom is -0.369 e. The number of hydrogen-bond donors (Lipinski definition) is 2. The molecule has 6 nitrogen and oxygen atoms in total. The summed E-state index contributed by atoms with van der Waals surface area (Å²) in [6.07, 6.45) is 0. The van der Waals surface area contributed by atoms with E-state index in [-0.39, 0.29) is 12.5 Å². The van der Waals surface area contributed by atoms with Crippen molar-refractivity contribution in [2.45, 2.75) is 13.8 Å². The summed E-state index contributed by atoms with van der Waals surface area (Å²) >= 11 is 6.06. The highest BCUT2D eigenvalue weighted by Gasteiger charge is 2.20. The lowest BCUT2D eigenvalue weighted by molar-refractivity contribution is -0.121. The topological polar surface area (TPSA) is 64.7 Å². The molecule has 0 spiro atoms. The fourth-order valence-electron chi connectivity index (χ4n) is 3.25. The Morgan fingerprint density at radius 2 is 1.75 bits per heavy atom. The minimum absolute atomic E-state index is 0.198. The average molecular weight is 401 g/mol. The molecule has 148 valence electrons. The van der Waals surface area contributed by atoms with E-state index in [9.17, 15) is 9.59 Å². The van der Waals surface area contributed by atoms with Crippen molar-refractivity contribution < 1.29 is 9.59 Å². The molecular formula is C21H25ClN4O2. The first-order valence-electron chi connectivity index (χ1n) is 9.32. The zero-order valence-electron chi connectivity index (χ0n) is 16.2. The van der Waals surface area contributed by atoms with Crippen LogP contribution in [0.5, 0.6) is 0 Å². The number of halogens is 1. The Morgan fingerprint density at radius 1 is 1.04 bits per heavy atom. The van der Waals surface area contributed by atoms with Gasteiger partial charge in [0, 0.05) is 42.6 Å². The van der Waals surface area contributed by atoms with Crippen LogP contribution in [0.1, 0.15) is 11.1 Å². The monoisotopic (exact) mass is 400 g/mol. The molecule has 0 aromatic heterocycles. The van der Waals surface area contributed by atoms with Gasteiger partial charge in [-0.25, -0.2) is 4.79 Å². The van der Waals surface area contributed by atoms with Gasteiger partial charge in [-0.1, -0.05) is 29.8 Å². The number of piperazine rings is 1. The van der Waals surface area contributed by atoms with E-state index in [2.05, 4.69) is 15.5 Å². The van der Waals surface area contributed by atoms with Crippen LogP contribution in [0.4, 0.5) is 16.2 Å². The number of urea groups is 1. The van der Waals surface area contributed by atoms with Crippen LogP contribution in [-0.4, -0.2) is 49.6 Å². The van der Waals surface area contributed by atoms with Gasteiger partial charge in [-0.3, -0.25) is 15.0 Å². The Bertz CT molecular complexity index is 863. The molecular weight excluding hydrogens is 376 g/mol. The molecule has 2 N–H and O–H groups in total. The molecule has 0 aliphatic carbocycles. The number of imide groups is 1. The van der Waals surface area contributed by atoms with E-state index in [0.717, 1.165) is 43.0 Å². The summed E-state index contributed by atoms with van der Waals surface area (Å²) in [5.41, 5.74) is 3.87. The first-order valence-corrected chi connectivity index (χ1v) is 9.70. The number of nitrogens with zero attached hydrogens (tertiary/aromatic N) is 2. The van der Waals surface area contributed by atoms with Crippen LogP contribution in [-0.2, 0) is 4.79 Å². The van der Waals surface area contributed by atoms with Crippen LogP contribution < -0.4 is 15.5 Å². The summed E-state index contributed by atoms with van der Waals surface area (Å²) in [4.78, 5) is 28.6. The number of aryl methyl sites for hydroxylation is 1. The number of carbonyl (C=O) groups is 2. The molecule has 1 saturated heterocycles. The minimum atomic E-state index is -0.503. The third-order valence-corrected chi connectivity index (χ3v) is 5.25. The Hall–Kier alpha value is -2.57. The number of rotatable bonds is 4. The SMILES string of the molecule is Cc1cccc(NC(=O)NC(=O)CN2CCN(c3cccc(Cl)c3)CC2)c1C. The van der Waals surface area contributed by atoms with Crippen LogP contribution in [0.2, 0.25) is 5.02 Å². The first kappa shape index (κ1) is 20.2. The van der Waals surface area contributed by atoms with Crippen molar-refractivity contribution in [2.24, 2.45) is 0 Å². The van der Waals surface area contributed by atoms with Gasteiger partial charge in [0.15, 0.2) is 0 Å². The second kappa shape index (κ2) is 9.08. The molecule has 0 bridgehead atoms. The van der Waals surface area contributed by atoms with E-state index in [1.165, 1.54) is 0 Å². The molecule has 1 heterocycles. The number of benzene rings is 2. The van der Waals surface area contributed by atoms with Crippen LogP contribution in [0.15, 0.2) is 42.5 Å². The predicted octanol–water partition coefficient (Wildman–Crippen LogP) is 3.43. The summed E-state index contributed by atoms with van der Waals surface area (Å²) in [5.74, 6) is -0.306. The predicted molar refractivity (Wildman–Crippen MR) is 113 cm³/mol. The summed E-state index contributed by atoms with van der Waals surface area (Å²) < 4.78 is 0. The lowest BCUT2D eigenvalue weighted by Gasteiger charge is -2.35. The second-order valence-electron chi connectivity index (χ2n) is 6.99. The van der Waals surface area contributed by atoms with Crippen molar-refractivity contribution in [2.75, 3.05) is 42.9 Å². The highest BCUT2D eigenvalue weighted by molar-refractivity contribution is 6.30. The number of anilines is 2. The van der Waals surface area contributed by atoms with Gasteiger partial charge >= 0.3 is 6.03 Å². The summed E-state index contributed by atoms with van der Waals surface area (Å²) in [7, 11) is 0. The molecule has 0 unspecified atom stereocenters. The lowest BCUT2D eigenvalue weighted by atomic mass is 10.1. The maximum Gasteiger partial charge on any atom is 0.325 e. The molecule has 28 heavy (non-hydrogen) atoms. The maximum absolute atomic E-state index is 12.2. The van der Waals surface area contributed by atoms with Gasteiger partial charge in [-0.2, -0.15) is 0 Å². The number of nitrogens with one attached hydrogen (secondary N) is 2. The lowest BCUT2D eigenvalue weighted by Crippen LogP contribution is -2.50. The van der Waals surface area contributed by atoms with E-state index in [4.69, 9.17) is 11.6 Å². The fourth-order valence-corrected chi connectivity index (χ4v) is 3.43. The van der Waals surface area contributed by atoms with E-state index in [1.54, 1.807) is 0 Å². The molecule has 1 aliphatic rings. The number of amides is 3. The van der Waals surface area contributed by atoms with Crippen molar-refractivity contribution >= 4 is 34.9 Å². The fraction of sp³-hybridized carbons (Fsp3) is 0.333. The quantitative estimate of drug-likeness (QED) is 0.825. The summed E-state index contributed by atoms with van der Waals surface area (Å²) in [5, 5.41) is 5.87. The molecule has 0 saturated carbocycles. The van der Waals surface area contributed by atoms with Gasteiger partial charge in [0.1, 0.15) is 0 Å². The van der Waals surface area contributed by atoms with Gasteiger partial charge in [0.2, 0.25) is 5.91 Å². The summed E-state index contributed by atoms with van der Waals surface area (Å²) in [6, 6.07) is 12.9. The smallest absolute Gasteiger partial charge is 0.325 e. The second-order valence-corrected chi connectivity index (χ2v) is 7.43. The molecule has 1 fully saturated rings. The molecule has 0 radical (unpaired) electrons. The summed E-state index contributed by atoms with van der Waals surface area (Å²) in [6.45, 7) is 7.23. The molecule has 7 heteroatoms. The largest absolute Gasteiger partial charge is 0.369 e. The zero-order chi connectivity index (χ0) is 20.1. The normalized spacial score (nSPS) is 14.6. The zero-order valence-corrected chi connectivity index (χ0v) is 16.9. The molecule has 2 aromatic carbocycles. The third kappa shape index (κ3) is 5.24. The Morgan fingerprint density at radius 3 is 2.46 bits per heavy atom. The van der Waals surface area contributed by atoms with Gasteiger partial charge < -0.3 is 10.2 Å². The molecule has 3 amide bonds. The third-order valence-electron chi connectivity index (χ3n) is 5.02. The molecule has 2 aromatic rings. The van der Waals surface area contributed by atoms with Crippen molar-refractivity contribution in [1.82, 2.24) is 10.2 Å². The van der Waals surface area contributed by atoms with E-state index < -0.39 is 6.03 Å². The van der Waals surface area contributed by atoms with Crippen molar-refractivity contribution in [3.05, 3.63) is 58.6 Å². The number of carbonyl (C=O) groups excluding carboxylic acids is 2. The van der Waals surface area contributed by atoms with Crippen LogP contribution in [0.25, 0.3) is 0 Å². The van der Waals surface area contributed by atoms with Crippen molar-refractivity contribution in [1.29, 1.82) is 0 Å². The first-order chi connectivity index (χ1) is 13.4. The highest BCUT2D eigenvalue weighted by atomic mass is 35.5. The Labute approximate surface area is 170 Å². The molecule has 3 rings (SSSR count). The van der Waals surface area contributed by atoms with Crippen LogP contribution in [0.3, 0.4) is 0 Å². The molecule has 1 aliphatic heterocycles. The van der Waals surface area contributed by atoms with Crippen LogP contribution in [0, 0.1) is 13.8 Å². The van der Waals surface area contributed by atoms with Crippen molar-refractivity contribution in [3.63, 3.8) is 0 Å². The van der Waals surface area contributed by atoms with Crippen LogP contribution >= 0.6 is 11.6 Å². The number of hydrogen-bond acceptors (Lipinski definition) is 4. The van der Waals surface area contributed by atoms with Gasteiger partial charge in [0.05, 0.1) is 6.54 Å². The van der Waals surface area contributed by atoms with Gasteiger partial charge in [0.25, 0.3) is 0 Å². The molecule has 0 atom stereocenters. The Balaban J connectivity index is 1.45. The van der Waals surface area contributed by atoms with E-state index in [1.807, 2.05) is 61.2 Å². The standard InChI is InChI=1S/C21H25ClN4O2/c1-15-5-3-8-19(16(15)2)23-21(28)24-20(27)14-25-9-11-26(12-10-25)18-7-4-6-17(22)13-18/h3-8,13H,9-12,14H2,1-2H3,(H2,23,24,27,28). The van der Waals surface area contributed by atoms with Gasteiger partial charge in [-0.15, -0.1) is 0 Å². The Kier molecular flexibility index (Phi) is 6.54. The van der Waals surface area contributed by atoms with Gasteiger partial charge in [-0.05, 0) is 49.2 Å². The van der Waals surface area contributed by atoms with Crippen molar-refractivity contribution in [3.8, 4) is 0 Å². The average Bonchev–Trinajstić information content (AvgIpc) is 2.66. The van der Waals surface area contributed by atoms with E-state index in [0.29, 0.717) is 10.7 Å². The van der Waals surface area contributed by atoms with E-state index >= 15 is 0 Å². The maximum atomic E-state index is 12.2. The highest BCUT2D eigenvalue weighted by Crippen LogP contribution is 2.21.